The fourth-order valence-electron chi connectivity index (χ4n) is 6.72. The molecule has 3 aromatic carbocycles. The van der Waals surface area contributed by atoms with E-state index < -0.39 is 5.97 Å². The number of benzene rings is 3. The lowest BCUT2D eigenvalue weighted by molar-refractivity contribution is 0.0697. The van der Waals surface area contributed by atoms with Gasteiger partial charge in [0.15, 0.2) is 0 Å². The van der Waals surface area contributed by atoms with Gasteiger partial charge < -0.3 is 9.67 Å². The standard InChI is InChI=1S/C36H33N3O2S/c1-22-35(42-23(2)37-22)31-18-14-26-19-27(15-17-30(26)38-31)34-33(25-11-7-4-8-12-25)29-16-13-28(36(40)41)20-32(29)39(34)21-24-9-5-3-6-10-24/h3,5-6,9-10,13-20,25H,4,7-8,11-12,21H2,1-2H3,(H,40,41). The number of hydrogen-bond acceptors (Lipinski definition) is 4. The van der Waals surface area contributed by atoms with Gasteiger partial charge in [-0.25, -0.2) is 14.8 Å². The molecule has 1 fully saturated rings. The van der Waals surface area contributed by atoms with E-state index in [4.69, 9.17) is 4.98 Å². The zero-order valence-electron chi connectivity index (χ0n) is 23.9. The summed E-state index contributed by atoms with van der Waals surface area (Å²) in [6, 6.07) is 27.0. The number of aromatic carboxylic acids is 1. The van der Waals surface area contributed by atoms with E-state index in [0.717, 1.165) is 56.1 Å². The average Bonchev–Trinajstić information content (AvgIpc) is 3.52. The van der Waals surface area contributed by atoms with Crippen LogP contribution in [0.1, 0.15) is 70.2 Å². The first-order chi connectivity index (χ1) is 20.5. The summed E-state index contributed by atoms with van der Waals surface area (Å²) < 4.78 is 2.35. The van der Waals surface area contributed by atoms with Crippen LogP contribution in [0.2, 0.25) is 0 Å². The van der Waals surface area contributed by atoms with Crippen molar-refractivity contribution in [3.8, 4) is 21.8 Å². The quantitative estimate of drug-likeness (QED) is 0.216. The number of aromatic nitrogens is 3. The van der Waals surface area contributed by atoms with Crippen molar-refractivity contribution in [2.45, 2.75) is 58.4 Å². The van der Waals surface area contributed by atoms with E-state index >= 15 is 0 Å². The monoisotopic (exact) mass is 571 g/mol. The Kier molecular flexibility index (Phi) is 6.87. The molecule has 5 nitrogen and oxygen atoms in total. The molecule has 7 rings (SSSR count). The number of nitrogens with zero attached hydrogens (tertiary/aromatic N) is 3. The lowest BCUT2D eigenvalue weighted by atomic mass is 9.81. The van der Waals surface area contributed by atoms with Crippen LogP contribution in [-0.2, 0) is 6.54 Å². The van der Waals surface area contributed by atoms with Gasteiger partial charge >= 0.3 is 5.97 Å². The van der Waals surface area contributed by atoms with Gasteiger partial charge in [0.2, 0.25) is 0 Å². The molecule has 3 heterocycles. The summed E-state index contributed by atoms with van der Waals surface area (Å²) in [5.41, 5.74) is 9.13. The molecule has 0 atom stereocenters. The van der Waals surface area contributed by atoms with Crippen molar-refractivity contribution in [2.75, 3.05) is 0 Å². The van der Waals surface area contributed by atoms with Crippen LogP contribution < -0.4 is 0 Å². The SMILES string of the molecule is Cc1nc(C)c(-c2ccc3cc(-c4c(C5CCCCC5)c5ccc(C(=O)O)cc5n4Cc4ccccc4)ccc3n2)s1. The van der Waals surface area contributed by atoms with Crippen molar-refractivity contribution < 1.29 is 9.90 Å². The molecule has 0 bridgehead atoms. The van der Waals surface area contributed by atoms with Gasteiger partial charge in [-0.2, -0.15) is 0 Å². The van der Waals surface area contributed by atoms with Crippen LogP contribution in [0.15, 0.2) is 78.9 Å². The molecule has 6 heteroatoms. The van der Waals surface area contributed by atoms with Crippen molar-refractivity contribution in [1.29, 1.82) is 0 Å². The largest absolute Gasteiger partial charge is 0.478 e. The van der Waals surface area contributed by atoms with Gasteiger partial charge in [-0.05, 0) is 79.6 Å². The molecule has 1 aliphatic rings. The molecule has 210 valence electrons. The first-order valence-electron chi connectivity index (χ1n) is 14.8. The maximum Gasteiger partial charge on any atom is 0.335 e. The summed E-state index contributed by atoms with van der Waals surface area (Å²) in [5.74, 6) is -0.457. The smallest absolute Gasteiger partial charge is 0.335 e. The summed E-state index contributed by atoms with van der Waals surface area (Å²) in [7, 11) is 0. The van der Waals surface area contributed by atoms with E-state index in [9.17, 15) is 9.90 Å². The second-order valence-corrected chi connectivity index (χ2v) is 12.7. The average molecular weight is 572 g/mol. The number of hydrogen-bond donors (Lipinski definition) is 1. The molecule has 1 aliphatic carbocycles. The number of fused-ring (bicyclic) bond motifs is 2. The van der Waals surface area contributed by atoms with Crippen molar-refractivity contribution in [3.63, 3.8) is 0 Å². The minimum absolute atomic E-state index is 0.319. The Labute approximate surface area is 249 Å². The van der Waals surface area contributed by atoms with Crippen LogP contribution in [-0.4, -0.2) is 25.6 Å². The highest BCUT2D eigenvalue weighted by Gasteiger charge is 2.27. The molecule has 0 unspecified atom stereocenters. The summed E-state index contributed by atoms with van der Waals surface area (Å²) in [4.78, 5) is 22.8. The van der Waals surface area contributed by atoms with Crippen LogP contribution in [0.3, 0.4) is 0 Å². The van der Waals surface area contributed by atoms with Gasteiger partial charge in [-0.3, -0.25) is 0 Å². The van der Waals surface area contributed by atoms with Crippen molar-refractivity contribution in [2.24, 2.45) is 0 Å². The third kappa shape index (κ3) is 4.80. The number of rotatable bonds is 6. The fraction of sp³-hybridized carbons (Fsp3) is 0.250. The number of thiazole rings is 1. The summed E-state index contributed by atoms with van der Waals surface area (Å²) in [6.45, 7) is 4.75. The predicted octanol–water partition coefficient (Wildman–Crippen LogP) is 9.39. The van der Waals surface area contributed by atoms with E-state index in [1.165, 1.54) is 41.5 Å². The van der Waals surface area contributed by atoms with Crippen molar-refractivity contribution >= 4 is 39.1 Å². The number of carboxylic acids is 1. The van der Waals surface area contributed by atoms with Gasteiger partial charge in [-0.15, -0.1) is 11.3 Å². The molecule has 0 saturated heterocycles. The second-order valence-electron chi connectivity index (χ2n) is 11.5. The van der Waals surface area contributed by atoms with E-state index in [-0.39, 0.29) is 0 Å². The maximum absolute atomic E-state index is 12.1. The predicted molar refractivity (Wildman–Crippen MR) is 172 cm³/mol. The Balaban J connectivity index is 1.45. The van der Waals surface area contributed by atoms with Crippen LogP contribution in [0.5, 0.6) is 0 Å². The first kappa shape index (κ1) is 26.6. The highest BCUT2D eigenvalue weighted by atomic mass is 32.1. The number of pyridine rings is 1. The molecule has 0 amide bonds. The van der Waals surface area contributed by atoms with E-state index in [0.29, 0.717) is 18.0 Å². The highest BCUT2D eigenvalue weighted by molar-refractivity contribution is 7.15. The van der Waals surface area contributed by atoms with Crippen molar-refractivity contribution in [1.82, 2.24) is 14.5 Å². The minimum Gasteiger partial charge on any atom is -0.478 e. The lowest BCUT2D eigenvalue weighted by Crippen LogP contribution is -2.08. The van der Waals surface area contributed by atoms with Crippen LogP contribution in [0.4, 0.5) is 0 Å². The van der Waals surface area contributed by atoms with E-state index in [1.54, 1.807) is 17.4 Å². The van der Waals surface area contributed by atoms with Gasteiger partial charge in [0, 0.05) is 22.8 Å². The maximum atomic E-state index is 12.1. The normalized spacial score (nSPS) is 14.1. The molecule has 0 spiro atoms. The molecule has 1 saturated carbocycles. The number of aryl methyl sites for hydroxylation is 2. The molecule has 1 N–H and O–H groups in total. The Morgan fingerprint density at radius 3 is 2.48 bits per heavy atom. The minimum atomic E-state index is -0.899. The van der Waals surface area contributed by atoms with Crippen LogP contribution in [0.25, 0.3) is 43.6 Å². The fourth-order valence-corrected chi connectivity index (χ4v) is 7.61. The Hall–Kier alpha value is -4.29. The molecule has 6 aromatic rings. The molecule has 0 radical (unpaired) electrons. The van der Waals surface area contributed by atoms with Crippen molar-refractivity contribution in [3.05, 3.63) is 106 Å². The van der Waals surface area contributed by atoms with E-state index in [2.05, 4.69) is 64.1 Å². The third-order valence-corrected chi connectivity index (χ3v) is 9.74. The summed E-state index contributed by atoms with van der Waals surface area (Å²) in [5, 5.41) is 13.2. The van der Waals surface area contributed by atoms with Gasteiger partial charge in [-0.1, -0.05) is 67.8 Å². The molecular formula is C36H33N3O2S. The zero-order chi connectivity index (χ0) is 28.8. The Morgan fingerprint density at radius 1 is 0.929 bits per heavy atom. The zero-order valence-corrected chi connectivity index (χ0v) is 24.7. The third-order valence-electron chi connectivity index (χ3n) is 8.65. The number of carbonyl (C=O) groups is 1. The lowest BCUT2D eigenvalue weighted by Gasteiger charge is -2.24. The molecule has 42 heavy (non-hydrogen) atoms. The highest BCUT2D eigenvalue weighted by Crippen LogP contribution is 2.45. The molecule has 3 aromatic heterocycles. The summed E-state index contributed by atoms with van der Waals surface area (Å²) >= 11 is 1.68. The topological polar surface area (TPSA) is 68.0 Å². The Bertz CT molecular complexity index is 1950. The van der Waals surface area contributed by atoms with E-state index in [1.807, 2.05) is 32.0 Å². The van der Waals surface area contributed by atoms with Crippen LogP contribution >= 0.6 is 11.3 Å². The van der Waals surface area contributed by atoms with Gasteiger partial charge in [0.25, 0.3) is 0 Å². The molecule has 0 aliphatic heterocycles. The van der Waals surface area contributed by atoms with Gasteiger partial charge in [0.05, 0.1) is 38.0 Å². The van der Waals surface area contributed by atoms with Gasteiger partial charge in [0.1, 0.15) is 0 Å². The first-order valence-corrected chi connectivity index (χ1v) is 15.6. The number of carboxylic acid groups (broad SMARTS) is 1. The van der Waals surface area contributed by atoms with Crippen LogP contribution in [0, 0.1) is 13.8 Å². The molecular weight excluding hydrogens is 538 g/mol. The second kappa shape index (κ2) is 10.8. The summed E-state index contributed by atoms with van der Waals surface area (Å²) in [6.07, 6.45) is 6.04. The Morgan fingerprint density at radius 2 is 1.74 bits per heavy atom.